The molecule has 2 unspecified atom stereocenters. The van der Waals surface area contributed by atoms with E-state index < -0.39 is 0 Å². The summed E-state index contributed by atoms with van der Waals surface area (Å²) < 4.78 is 5.26. The van der Waals surface area contributed by atoms with Gasteiger partial charge in [0.15, 0.2) is 0 Å². The topological polar surface area (TPSA) is 63.9 Å². The first kappa shape index (κ1) is 13.2. The van der Waals surface area contributed by atoms with Crippen LogP contribution in [0, 0.1) is 0 Å². The van der Waals surface area contributed by atoms with Gasteiger partial charge in [-0.05, 0) is 31.4 Å². The molecule has 1 aliphatic carbocycles. The number of hydrogen-bond donors (Lipinski definition) is 2. The second-order valence-electron chi connectivity index (χ2n) is 5.54. The molecule has 0 bridgehead atoms. The third-order valence-corrected chi connectivity index (χ3v) is 4.08. The molecule has 3 N–H and O–H groups in total. The summed E-state index contributed by atoms with van der Waals surface area (Å²) in [5.41, 5.74) is 8.20. The highest BCUT2D eigenvalue weighted by Gasteiger charge is 2.23. The molecule has 0 amide bonds. The number of aromatic nitrogens is 2. The van der Waals surface area contributed by atoms with Crippen LogP contribution in [0.5, 0.6) is 5.75 Å². The van der Waals surface area contributed by atoms with Gasteiger partial charge in [-0.25, -0.2) is 4.98 Å². The van der Waals surface area contributed by atoms with Crippen molar-refractivity contribution in [2.45, 2.75) is 37.6 Å². The van der Waals surface area contributed by atoms with Crippen molar-refractivity contribution in [3.63, 3.8) is 0 Å². The first-order valence-corrected chi connectivity index (χ1v) is 7.21. The first-order valence-electron chi connectivity index (χ1n) is 7.21. The third kappa shape index (κ3) is 2.70. The van der Waals surface area contributed by atoms with Gasteiger partial charge in [0, 0.05) is 17.5 Å². The van der Waals surface area contributed by atoms with Crippen LogP contribution in [-0.2, 0) is 0 Å². The Kier molecular flexibility index (Phi) is 3.74. The van der Waals surface area contributed by atoms with E-state index in [0.29, 0.717) is 12.0 Å². The van der Waals surface area contributed by atoms with E-state index in [-0.39, 0.29) is 0 Å². The number of rotatable bonds is 3. The second kappa shape index (κ2) is 5.67. The number of nitrogens with one attached hydrogen (secondary N) is 1. The zero-order valence-electron chi connectivity index (χ0n) is 11.8. The molecule has 106 valence electrons. The second-order valence-corrected chi connectivity index (χ2v) is 5.54. The molecule has 2 atom stereocenters. The predicted molar refractivity (Wildman–Crippen MR) is 79.8 cm³/mol. The van der Waals surface area contributed by atoms with Crippen molar-refractivity contribution < 1.29 is 4.74 Å². The van der Waals surface area contributed by atoms with E-state index in [0.717, 1.165) is 35.7 Å². The smallest absolute Gasteiger partial charge is 0.119 e. The van der Waals surface area contributed by atoms with Gasteiger partial charge in [-0.2, -0.15) is 0 Å². The summed E-state index contributed by atoms with van der Waals surface area (Å²) in [6.07, 6.45) is 6.45. The van der Waals surface area contributed by atoms with Crippen LogP contribution in [0.1, 0.15) is 37.4 Å². The van der Waals surface area contributed by atoms with Gasteiger partial charge in [0.05, 0.1) is 19.0 Å². The van der Waals surface area contributed by atoms with E-state index in [1.807, 2.05) is 24.4 Å². The maximum Gasteiger partial charge on any atom is 0.119 e. The molecule has 1 aromatic carbocycles. The van der Waals surface area contributed by atoms with Crippen molar-refractivity contribution in [2.75, 3.05) is 7.11 Å². The number of ether oxygens (including phenoxy) is 1. The first-order chi connectivity index (χ1) is 9.76. The summed E-state index contributed by atoms with van der Waals surface area (Å²) in [4.78, 5) is 8.00. The summed E-state index contributed by atoms with van der Waals surface area (Å²) >= 11 is 0. The molecule has 1 saturated carbocycles. The van der Waals surface area contributed by atoms with Crippen molar-refractivity contribution in [2.24, 2.45) is 5.73 Å². The van der Waals surface area contributed by atoms with Crippen molar-refractivity contribution in [1.82, 2.24) is 9.97 Å². The van der Waals surface area contributed by atoms with E-state index >= 15 is 0 Å². The molecule has 1 heterocycles. The Morgan fingerprint density at radius 1 is 1.35 bits per heavy atom. The van der Waals surface area contributed by atoms with Gasteiger partial charge in [0.1, 0.15) is 11.6 Å². The molecule has 4 nitrogen and oxygen atoms in total. The largest absolute Gasteiger partial charge is 0.497 e. The standard InChI is InChI=1S/C16H21N3O/c1-20-14-7-3-4-11(9-14)15-10-18-16(19-15)12-5-2-6-13(17)8-12/h3-4,7,9-10,12-13H,2,5-6,8,17H2,1H3,(H,18,19). The molecular formula is C16H21N3O. The van der Waals surface area contributed by atoms with Gasteiger partial charge in [0.2, 0.25) is 0 Å². The molecule has 0 spiro atoms. The highest BCUT2D eigenvalue weighted by atomic mass is 16.5. The van der Waals surface area contributed by atoms with E-state index in [1.54, 1.807) is 7.11 Å². The van der Waals surface area contributed by atoms with Crippen LogP contribution in [0.3, 0.4) is 0 Å². The number of hydrogen-bond acceptors (Lipinski definition) is 3. The molecule has 3 rings (SSSR count). The number of imidazole rings is 1. The van der Waals surface area contributed by atoms with Gasteiger partial charge in [-0.15, -0.1) is 0 Å². The lowest BCUT2D eigenvalue weighted by Crippen LogP contribution is -2.27. The molecule has 2 aromatic rings. The number of nitrogens with zero attached hydrogens (tertiary/aromatic N) is 1. The Hall–Kier alpha value is -1.81. The number of H-pyrrole nitrogens is 1. The quantitative estimate of drug-likeness (QED) is 0.901. The SMILES string of the molecule is COc1cccc(-c2cnc(C3CCCC(N)C3)[nH]2)c1. The number of nitrogens with two attached hydrogens (primary N) is 1. The van der Waals surface area contributed by atoms with Crippen LogP contribution < -0.4 is 10.5 Å². The number of aromatic amines is 1. The maximum absolute atomic E-state index is 6.06. The van der Waals surface area contributed by atoms with Crippen LogP contribution in [0.15, 0.2) is 30.5 Å². The lowest BCUT2D eigenvalue weighted by atomic mass is 9.86. The molecule has 0 aliphatic heterocycles. The van der Waals surface area contributed by atoms with E-state index in [1.165, 1.54) is 12.8 Å². The van der Waals surface area contributed by atoms with Gasteiger partial charge in [-0.1, -0.05) is 18.6 Å². The Balaban J connectivity index is 1.82. The summed E-state index contributed by atoms with van der Waals surface area (Å²) in [6.45, 7) is 0. The lowest BCUT2D eigenvalue weighted by Gasteiger charge is -2.24. The van der Waals surface area contributed by atoms with Crippen LogP contribution in [0.2, 0.25) is 0 Å². The summed E-state index contributed by atoms with van der Waals surface area (Å²) in [6, 6.07) is 8.33. The Labute approximate surface area is 119 Å². The van der Waals surface area contributed by atoms with Crippen molar-refractivity contribution in [1.29, 1.82) is 0 Å². The summed E-state index contributed by atoms with van der Waals surface area (Å²) in [5, 5.41) is 0. The molecule has 1 aromatic heterocycles. The van der Waals surface area contributed by atoms with E-state index in [4.69, 9.17) is 10.5 Å². The van der Waals surface area contributed by atoms with Crippen molar-refractivity contribution in [3.05, 3.63) is 36.3 Å². The molecule has 0 saturated heterocycles. The minimum atomic E-state index is 0.319. The molecule has 4 heteroatoms. The van der Waals surface area contributed by atoms with Crippen LogP contribution >= 0.6 is 0 Å². The highest BCUT2D eigenvalue weighted by molar-refractivity contribution is 5.60. The highest BCUT2D eigenvalue weighted by Crippen LogP contribution is 2.32. The normalized spacial score (nSPS) is 22.7. The summed E-state index contributed by atoms with van der Waals surface area (Å²) in [7, 11) is 1.68. The molecule has 1 aliphatic rings. The van der Waals surface area contributed by atoms with Crippen LogP contribution in [0.25, 0.3) is 11.3 Å². The molecule has 1 fully saturated rings. The number of benzene rings is 1. The average Bonchev–Trinajstić information content (AvgIpc) is 2.97. The lowest BCUT2D eigenvalue weighted by molar-refractivity contribution is 0.383. The fourth-order valence-electron chi connectivity index (χ4n) is 2.96. The Morgan fingerprint density at radius 3 is 3.05 bits per heavy atom. The van der Waals surface area contributed by atoms with E-state index in [9.17, 15) is 0 Å². The molecule has 0 radical (unpaired) electrons. The monoisotopic (exact) mass is 271 g/mol. The zero-order chi connectivity index (χ0) is 13.9. The summed E-state index contributed by atoms with van der Waals surface area (Å²) in [5.74, 6) is 2.40. The van der Waals surface area contributed by atoms with Gasteiger partial charge in [0.25, 0.3) is 0 Å². The molecule has 20 heavy (non-hydrogen) atoms. The minimum absolute atomic E-state index is 0.319. The Morgan fingerprint density at radius 2 is 2.25 bits per heavy atom. The maximum atomic E-state index is 6.06. The van der Waals surface area contributed by atoms with Gasteiger partial charge in [-0.3, -0.25) is 0 Å². The average molecular weight is 271 g/mol. The Bertz CT molecular complexity index is 579. The third-order valence-electron chi connectivity index (χ3n) is 4.08. The van der Waals surface area contributed by atoms with E-state index in [2.05, 4.69) is 16.0 Å². The van der Waals surface area contributed by atoms with Gasteiger partial charge >= 0.3 is 0 Å². The van der Waals surface area contributed by atoms with Gasteiger partial charge < -0.3 is 15.5 Å². The predicted octanol–water partition coefficient (Wildman–Crippen LogP) is 3.07. The van der Waals surface area contributed by atoms with Crippen LogP contribution in [-0.4, -0.2) is 23.1 Å². The molecular weight excluding hydrogens is 250 g/mol. The van der Waals surface area contributed by atoms with Crippen molar-refractivity contribution >= 4 is 0 Å². The fourth-order valence-corrected chi connectivity index (χ4v) is 2.96. The van der Waals surface area contributed by atoms with Crippen molar-refractivity contribution in [3.8, 4) is 17.0 Å². The van der Waals surface area contributed by atoms with Crippen LogP contribution in [0.4, 0.5) is 0 Å². The minimum Gasteiger partial charge on any atom is -0.497 e. The number of methoxy groups -OCH3 is 1. The fraction of sp³-hybridized carbons (Fsp3) is 0.438. The zero-order valence-corrected chi connectivity index (χ0v) is 11.8.